The van der Waals surface area contributed by atoms with Crippen LogP contribution in [0.25, 0.3) is 27.7 Å². The number of hydrogen-bond donors (Lipinski definition) is 3. The van der Waals surface area contributed by atoms with Gasteiger partial charge < -0.3 is 20.5 Å². The molecule has 0 saturated heterocycles. The van der Waals surface area contributed by atoms with E-state index in [4.69, 9.17) is 0 Å². The van der Waals surface area contributed by atoms with Crippen molar-refractivity contribution >= 4 is 28.3 Å². The molecule has 0 aliphatic carbocycles. The molecule has 0 saturated carbocycles. The number of urea groups is 1. The molecule has 5 rings (SSSR count). The van der Waals surface area contributed by atoms with E-state index in [1.165, 1.54) is 18.2 Å². The second-order valence-electron chi connectivity index (χ2n) is 8.61. The van der Waals surface area contributed by atoms with Gasteiger partial charge in [0.1, 0.15) is 23.1 Å². The second-order valence-corrected chi connectivity index (χ2v) is 8.61. The number of hydrogen-bond acceptors (Lipinski definition) is 3. The van der Waals surface area contributed by atoms with E-state index in [2.05, 4.69) is 20.6 Å². The van der Waals surface area contributed by atoms with Gasteiger partial charge in [-0.25, -0.2) is 22.9 Å². The van der Waals surface area contributed by atoms with Gasteiger partial charge >= 0.3 is 6.03 Å². The third-order valence-corrected chi connectivity index (χ3v) is 6.26. The molecule has 36 heavy (non-hydrogen) atoms. The number of halogens is 3. The lowest BCUT2D eigenvalue weighted by atomic mass is 10.0. The number of pyridine rings is 1. The first-order valence-corrected chi connectivity index (χ1v) is 11.5. The van der Waals surface area contributed by atoms with Gasteiger partial charge in [0.05, 0.1) is 0 Å². The smallest absolute Gasteiger partial charge is 0.317 e. The Balaban J connectivity index is 1.43. The minimum absolute atomic E-state index is 0.114. The molecule has 9 heteroatoms. The van der Waals surface area contributed by atoms with Crippen LogP contribution in [0.4, 0.5) is 23.7 Å². The van der Waals surface area contributed by atoms with Crippen LogP contribution < -0.4 is 10.6 Å². The number of fused-ring (bicyclic) bond motifs is 1. The summed E-state index contributed by atoms with van der Waals surface area (Å²) in [6.07, 6.45) is 4.31. The maximum Gasteiger partial charge on any atom is 0.317 e. The molecular formula is C27H24F3N5O. The summed E-state index contributed by atoms with van der Waals surface area (Å²) in [6, 6.07) is 11.5. The van der Waals surface area contributed by atoms with E-state index in [0.717, 1.165) is 22.7 Å². The van der Waals surface area contributed by atoms with Crippen LogP contribution in [0.3, 0.4) is 0 Å². The van der Waals surface area contributed by atoms with E-state index in [0.29, 0.717) is 47.5 Å². The van der Waals surface area contributed by atoms with E-state index in [1.807, 2.05) is 12.1 Å². The molecule has 0 spiro atoms. The average Bonchev–Trinajstić information content (AvgIpc) is 3.32. The standard InChI is InChI=1S/C27H24F3N5O/c1-31-27(36)35-8-5-17(6-9-35)25-14-23-21(4-7-32-26(23)34-25)22-13-20(2-3-24(22)30)33-15-16-10-18(28)12-19(29)11-16/h2-5,7,10-14,33H,6,8-9,15H2,1H3,(H,31,36)(H,32,34). The summed E-state index contributed by atoms with van der Waals surface area (Å²) in [5.74, 6) is -1.70. The Morgan fingerprint density at radius 1 is 1.06 bits per heavy atom. The zero-order valence-corrected chi connectivity index (χ0v) is 19.5. The Labute approximate surface area is 205 Å². The fourth-order valence-electron chi connectivity index (χ4n) is 4.45. The average molecular weight is 492 g/mol. The Morgan fingerprint density at radius 3 is 2.58 bits per heavy atom. The number of anilines is 1. The molecule has 0 fully saturated rings. The highest BCUT2D eigenvalue weighted by Gasteiger charge is 2.19. The molecule has 0 unspecified atom stereocenters. The quantitative estimate of drug-likeness (QED) is 0.336. The Bertz CT molecular complexity index is 1460. The van der Waals surface area contributed by atoms with Crippen LogP contribution in [0.1, 0.15) is 17.7 Å². The molecule has 0 radical (unpaired) electrons. The van der Waals surface area contributed by atoms with Crippen LogP contribution in [-0.2, 0) is 6.54 Å². The molecule has 2 aromatic heterocycles. The van der Waals surface area contributed by atoms with Crippen molar-refractivity contribution < 1.29 is 18.0 Å². The van der Waals surface area contributed by atoms with Gasteiger partial charge in [-0.05, 0) is 65.6 Å². The number of aromatic nitrogens is 2. The third kappa shape index (κ3) is 4.77. The maximum absolute atomic E-state index is 15.0. The summed E-state index contributed by atoms with van der Waals surface area (Å²) >= 11 is 0. The number of amides is 2. The number of nitrogens with zero attached hydrogens (tertiary/aromatic N) is 2. The Kier molecular flexibility index (Phi) is 6.37. The monoisotopic (exact) mass is 491 g/mol. The summed E-state index contributed by atoms with van der Waals surface area (Å²) in [5.41, 5.74) is 4.68. The lowest BCUT2D eigenvalue weighted by Gasteiger charge is -2.25. The predicted molar refractivity (Wildman–Crippen MR) is 134 cm³/mol. The van der Waals surface area contributed by atoms with Crippen LogP contribution in [0.5, 0.6) is 0 Å². The second kappa shape index (κ2) is 9.77. The van der Waals surface area contributed by atoms with Crippen LogP contribution in [-0.4, -0.2) is 41.0 Å². The number of H-pyrrole nitrogens is 1. The van der Waals surface area contributed by atoms with Gasteiger partial charge in [-0.1, -0.05) is 6.08 Å². The molecule has 4 aromatic rings. The van der Waals surface area contributed by atoms with Crippen LogP contribution in [0.15, 0.2) is 60.8 Å². The van der Waals surface area contributed by atoms with Crippen molar-refractivity contribution in [1.29, 1.82) is 0 Å². The zero-order chi connectivity index (χ0) is 25.2. The minimum atomic E-state index is -0.650. The first-order chi connectivity index (χ1) is 17.4. The van der Waals surface area contributed by atoms with Crippen molar-refractivity contribution in [3.05, 3.63) is 89.5 Å². The van der Waals surface area contributed by atoms with E-state index in [-0.39, 0.29) is 12.6 Å². The molecule has 2 aromatic carbocycles. The number of nitrogens with one attached hydrogen (secondary N) is 3. The first-order valence-electron chi connectivity index (χ1n) is 11.5. The number of aromatic amines is 1. The summed E-state index contributed by atoms with van der Waals surface area (Å²) in [6.45, 7) is 1.28. The van der Waals surface area contributed by atoms with Gasteiger partial charge in [-0.3, -0.25) is 0 Å². The predicted octanol–water partition coefficient (Wildman–Crippen LogP) is 5.69. The van der Waals surface area contributed by atoms with Gasteiger partial charge in [0, 0.05) is 61.3 Å². The van der Waals surface area contributed by atoms with Gasteiger partial charge in [0.2, 0.25) is 0 Å². The first kappa shape index (κ1) is 23.5. The van der Waals surface area contributed by atoms with Crippen molar-refractivity contribution in [2.24, 2.45) is 0 Å². The van der Waals surface area contributed by atoms with Crippen molar-refractivity contribution in [3.63, 3.8) is 0 Å². The lowest BCUT2D eigenvalue weighted by Crippen LogP contribution is -2.40. The van der Waals surface area contributed by atoms with Crippen molar-refractivity contribution in [2.45, 2.75) is 13.0 Å². The molecule has 184 valence electrons. The molecule has 0 atom stereocenters. The van der Waals surface area contributed by atoms with Crippen molar-refractivity contribution in [3.8, 4) is 11.1 Å². The molecule has 3 heterocycles. The molecule has 3 N–H and O–H groups in total. The topological polar surface area (TPSA) is 73.1 Å². The van der Waals surface area contributed by atoms with Gasteiger partial charge in [0.15, 0.2) is 0 Å². The third-order valence-electron chi connectivity index (χ3n) is 6.26. The highest BCUT2D eigenvalue weighted by atomic mass is 19.1. The molecule has 1 aliphatic rings. The highest BCUT2D eigenvalue weighted by molar-refractivity contribution is 5.96. The SMILES string of the molecule is CNC(=O)N1CC=C(c2cc3c(-c4cc(NCc5cc(F)cc(F)c5)ccc4F)ccnc3[nH]2)CC1. The fraction of sp³-hybridized carbons (Fsp3) is 0.185. The molecular weight excluding hydrogens is 467 g/mol. The molecule has 2 amide bonds. The van der Waals surface area contributed by atoms with Crippen molar-refractivity contribution in [1.82, 2.24) is 20.2 Å². The molecule has 1 aliphatic heterocycles. The van der Waals surface area contributed by atoms with Crippen LogP contribution in [0, 0.1) is 17.5 Å². The van der Waals surface area contributed by atoms with E-state index < -0.39 is 17.5 Å². The number of rotatable bonds is 5. The summed E-state index contributed by atoms with van der Waals surface area (Å²) in [4.78, 5) is 21.3. The largest absolute Gasteiger partial charge is 0.381 e. The van der Waals surface area contributed by atoms with Crippen LogP contribution in [0.2, 0.25) is 0 Å². The maximum atomic E-state index is 15.0. The zero-order valence-electron chi connectivity index (χ0n) is 19.5. The summed E-state index contributed by atoms with van der Waals surface area (Å²) in [7, 11) is 1.61. The number of benzene rings is 2. The van der Waals surface area contributed by atoms with E-state index in [9.17, 15) is 18.0 Å². The van der Waals surface area contributed by atoms with Crippen molar-refractivity contribution in [2.75, 3.05) is 25.5 Å². The summed E-state index contributed by atoms with van der Waals surface area (Å²) < 4.78 is 41.9. The minimum Gasteiger partial charge on any atom is -0.381 e. The van der Waals surface area contributed by atoms with Gasteiger partial charge in [-0.2, -0.15) is 0 Å². The highest BCUT2D eigenvalue weighted by Crippen LogP contribution is 2.34. The normalized spacial score (nSPS) is 13.6. The lowest BCUT2D eigenvalue weighted by molar-refractivity contribution is 0.205. The fourth-order valence-corrected chi connectivity index (χ4v) is 4.45. The van der Waals surface area contributed by atoms with Gasteiger partial charge in [-0.15, -0.1) is 0 Å². The molecule has 6 nitrogen and oxygen atoms in total. The molecule has 0 bridgehead atoms. The van der Waals surface area contributed by atoms with E-state index in [1.54, 1.807) is 36.3 Å². The Hall–Kier alpha value is -4.27. The van der Waals surface area contributed by atoms with Gasteiger partial charge in [0.25, 0.3) is 0 Å². The van der Waals surface area contributed by atoms with Crippen LogP contribution >= 0.6 is 0 Å². The Morgan fingerprint density at radius 2 is 1.86 bits per heavy atom. The number of carbonyl (C=O) groups is 1. The summed E-state index contributed by atoms with van der Waals surface area (Å²) in [5, 5.41) is 6.51. The van der Waals surface area contributed by atoms with E-state index >= 15 is 0 Å². The number of carbonyl (C=O) groups excluding carboxylic acids is 1.